The number of halogens is 2. The Labute approximate surface area is 278 Å². The largest absolute Gasteiger partial charge is 0.458 e. The fraction of sp³-hybridized carbons (Fsp3) is 0.545. The molecular weight excluding hydrogens is 648 g/mol. The van der Waals surface area contributed by atoms with E-state index >= 15 is 0 Å². The predicted molar refractivity (Wildman–Crippen MR) is 171 cm³/mol. The maximum atomic E-state index is 14.7. The molecule has 1 aromatic carbocycles. The van der Waals surface area contributed by atoms with Crippen LogP contribution in [-0.2, 0) is 31.1 Å². The Morgan fingerprint density at radius 3 is 2.40 bits per heavy atom. The first-order valence-electron chi connectivity index (χ1n) is 16.1. The summed E-state index contributed by atoms with van der Waals surface area (Å²) in [6, 6.07) is 6.34. The molecule has 3 aromatic heterocycles. The molecule has 2 bridgehead atoms. The first kappa shape index (κ1) is 32.6. The highest BCUT2D eigenvalue weighted by Crippen LogP contribution is 2.45. The van der Waals surface area contributed by atoms with E-state index in [0.29, 0.717) is 33.8 Å². The van der Waals surface area contributed by atoms with Gasteiger partial charge >= 0.3 is 18.3 Å². The van der Waals surface area contributed by atoms with Gasteiger partial charge in [-0.3, -0.25) is 9.36 Å². The summed E-state index contributed by atoms with van der Waals surface area (Å²) in [5.41, 5.74) is -2.84. The van der Waals surface area contributed by atoms with Gasteiger partial charge in [0.05, 0.1) is 42.6 Å². The molecule has 256 valence electrons. The summed E-state index contributed by atoms with van der Waals surface area (Å²) in [5.74, 6) is -0.746. The molecule has 0 N–H and O–H groups in total. The molecular formula is C33H37F2N5O7S. The fourth-order valence-electron chi connectivity index (χ4n) is 6.88. The number of aromatic nitrogens is 5. The van der Waals surface area contributed by atoms with Gasteiger partial charge in [0.2, 0.25) is 0 Å². The Morgan fingerprint density at radius 2 is 1.77 bits per heavy atom. The van der Waals surface area contributed by atoms with Gasteiger partial charge in [-0.2, -0.15) is 19.0 Å². The molecule has 12 nitrogen and oxygen atoms in total. The Hall–Kier alpha value is -3.95. The zero-order chi connectivity index (χ0) is 34.0. The lowest BCUT2D eigenvalue weighted by atomic mass is 10.0. The molecule has 1 saturated carbocycles. The topological polar surface area (TPSA) is 129 Å². The maximum absolute atomic E-state index is 14.7. The van der Waals surface area contributed by atoms with Crippen LogP contribution >= 0.6 is 11.3 Å². The molecule has 0 spiro atoms. The summed E-state index contributed by atoms with van der Waals surface area (Å²) in [7, 11) is 0. The van der Waals surface area contributed by atoms with E-state index in [1.165, 1.54) is 27.8 Å². The maximum Gasteiger partial charge on any atom is 0.387 e. The van der Waals surface area contributed by atoms with Gasteiger partial charge in [0.15, 0.2) is 5.54 Å². The molecule has 2 aliphatic heterocycles. The van der Waals surface area contributed by atoms with Gasteiger partial charge in [-0.1, -0.05) is 29.5 Å². The smallest absolute Gasteiger partial charge is 0.387 e. The Balaban J connectivity index is 1.41. The van der Waals surface area contributed by atoms with Crippen molar-refractivity contribution in [1.29, 1.82) is 0 Å². The average molecular weight is 686 g/mol. The first-order valence-corrected chi connectivity index (χ1v) is 16.9. The molecule has 1 aliphatic carbocycles. The number of para-hydroxylation sites is 1. The van der Waals surface area contributed by atoms with Crippen LogP contribution in [0.3, 0.4) is 0 Å². The number of fused-ring (bicyclic) bond motifs is 3. The number of carbonyl (C=O) groups excluding carboxylic acids is 1. The van der Waals surface area contributed by atoms with Crippen LogP contribution in [0.5, 0.6) is 5.75 Å². The minimum Gasteiger partial charge on any atom is -0.458 e. The normalized spacial score (nSPS) is 22.3. The molecule has 4 atom stereocenters. The molecule has 0 unspecified atom stereocenters. The minimum atomic E-state index is -3.09. The summed E-state index contributed by atoms with van der Waals surface area (Å²) >= 11 is 1.15. The van der Waals surface area contributed by atoms with Crippen LogP contribution < -0.4 is 16.0 Å². The quantitative estimate of drug-likeness (QED) is 0.212. The molecule has 3 aliphatic rings. The van der Waals surface area contributed by atoms with Crippen molar-refractivity contribution >= 4 is 27.5 Å². The SMILES string of the molecule is Cc1c(-n2nccn2)sc2c1c(=O)n(C1(C(=O)OC(C)(C)C)CC1)c(=O)n2C[C@H](O[C@@H]1C[C@H]2CC[C@@H](C1)O2)c1ccccc1OC(F)F. The molecule has 0 amide bonds. The second-order valence-corrected chi connectivity index (χ2v) is 14.7. The van der Waals surface area contributed by atoms with Crippen molar-refractivity contribution in [2.75, 3.05) is 0 Å². The van der Waals surface area contributed by atoms with Gasteiger partial charge in [-0.15, -0.1) is 4.80 Å². The van der Waals surface area contributed by atoms with Gasteiger partial charge in [0.1, 0.15) is 27.3 Å². The summed E-state index contributed by atoms with van der Waals surface area (Å²) in [4.78, 5) is 44.3. The number of nitrogens with zero attached hydrogens (tertiary/aromatic N) is 5. The van der Waals surface area contributed by atoms with Gasteiger partial charge < -0.3 is 18.9 Å². The molecule has 7 rings (SSSR count). The number of esters is 1. The zero-order valence-corrected chi connectivity index (χ0v) is 27.9. The second kappa shape index (κ2) is 12.2. The van der Waals surface area contributed by atoms with Crippen molar-refractivity contribution < 1.29 is 32.5 Å². The first-order chi connectivity index (χ1) is 22.8. The number of thiophene rings is 1. The third-order valence-corrected chi connectivity index (χ3v) is 10.4. The van der Waals surface area contributed by atoms with E-state index in [2.05, 4.69) is 10.2 Å². The van der Waals surface area contributed by atoms with Crippen molar-refractivity contribution in [3.05, 3.63) is 68.6 Å². The number of hydrogen-bond donors (Lipinski definition) is 0. The molecule has 0 radical (unpaired) electrons. The Morgan fingerprint density at radius 1 is 1.10 bits per heavy atom. The van der Waals surface area contributed by atoms with Crippen LogP contribution in [0.2, 0.25) is 0 Å². The molecule has 5 heterocycles. The van der Waals surface area contributed by atoms with E-state index in [4.69, 9.17) is 18.9 Å². The van der Waals surface area contributed by atoms with Crippen LogP contribution in [0.15, 0.2) is 46.2 Å². The highest BCUT2D eigenvalue weighted by atomic mass is 32.1. The van der Waals surface area contributed by atoms with E-state index in [1.807, 2.05) is 0 Å². The number of aryl methyl sites for hydroxylation is 1. The highest BCUT2D eigenvalue weighted by molar-refractivity contribution is 7.21. The second-order valence-electron chi connectivity index (χ2n) is 13.7. The molecule has 3 fully saturated rings. The number of carbonyl (C=O) groups is 1. The van der Waals surface area contributed by atoms with Gasteiger partial charge in [-0.05, 0) is 72.3 Å². The third-order valence-electron chi connectivity index (χ3n) is 9.15. The van der Waals surface area contributed by atoms with Gasteiger partial charge in [0.25, 0.3) is 5.56 Å². The van der Waals surface area contributed by atoms with E-state index in [0.717, 1.165) is 28.7 Å². The van der Waals surface area contributed by atoms with Crippen LogP contribution in [0.25, 0.3) is 15.2 Å². The lowest BCUT2D eigenvalue weighted by Crippen LogP contribution is -2.50. The van der Waals surface area contributed by atoms with E-state index in [1.54, 1.807) is 45.9 Å². The van der Waals surface area contributed by atoms with Crippen LogP contribution in [0.1, 0.15) is 76.5 Å². The summed E-state index contributed by atoms with van der Waals surface area (Å²) in [6.45, 7) is 3.66. The molecule has 48 heavy (non-hydrogen) atoms. The number of alkyl halides is 2. The van der Waals surface area contributed by atoms with Gasteiger partial charge in [0, 0.05) is 11.1 Å². The molecule has 15 heteroatoms. The Kier molecular flexibility index (Phi) is 8.27. The summed E-state index contributed by atoms with van der Waals surface area (Å²) < 4.78 is 53.0. The van der Waals surface area contributed by atoms with Crippen molar-refractivity contribution in [2.45, 2.75) is 115 Å². The van der Waals surface area contributed by atoms with Crippen LogP contribution in [0, 0.1) is 6.92 Å². The standard InChI is InChI=1S/C33H37F2N5O7S/c1-18-25-26(41)39(33(11-12-33)29(42)47-32(2,3)4)31(43)38(28(25)48-27(18)40-36-13-14-37-40)17-24(22-7-5-6-8-23(22)46-30(34)35)45-21-15-19-9-10-20(16-21)44-19/h5-8,13-14,19-21,24,30H,9-12,15-17H2,1-4H3/t19-,20+,21-,24-/m0/s1. The lowest BCUT2D eigenvalue weighted by molar-refractivity contribution is -0.161. The van der Waals surface area contributed by atoms with Gasteiger partial charge in [-0.25, -0.2) is 14.2 Å². The number of benzene rings is 1. The lowest BCUT2D eigenvalue weighted by Gasteiger charge is -2.32. The zero-order valence-electron chi connectivity index (χ0n) is 27.1. The monoisotopic (exact) mass is 685 g/mol. The van der Waals surface area contributed by atoms with Crippen molar-refractivity contribution in [3.8, 4) is 10.8 Å². The molecule has 2 saturated heterocycles. The van der Waals surface area contributed by atoms with Crippen LogP contribution in [-0.4, -0.2) is 60.6 Å². The number of rotatable bonds is 10. The number of ether oxygens (including phenoxy) is 4. The van der Waals surface area contributed by atoms with Crippen LogP contribution in [0.4, 0.5) is 8.78 Å². The number of hydrogen-bond acceptors (Lipinski definition) is 10. The summed E-state index contributed by atoms with van der Waals surface area (Å²) in [6.07, 6.45) is 5.40. The third kappa shape index (κ3) is 5.96. The van der Waals surface area contributed by atoms with Crippen molar-refractivity contribution in [3.63, 3.8) is 0 Å². The van der Waals surface area contributed by atoms with Crippen molar-refractivity contribution in [2.24, 2.45) is 0 Å². The van der Waals surface area contributed by atoms with E-state index in [9.17, 15) is 23.2 Å². The van der Waals surface area contributed by atoms with E-state index in [-0.39, 0.29) is 48.8 Å². The molecule has 4 aromatic rings. The van der Waals surface area contributed by atoms with E-state index < -0.39 is 41.1 Å². The Bertz CT molecular complexity index is 1950. The van der Waals surface area contributed by atoms with Crippen molar-refractivity contribution in [1.82, 2.24) is 24.1 Å². The fourth-order valence-corrected chi connectivity index (χ4v) is 8.10. The average Bonchev–Trinajstić information content (AvgIpc) is 3.30. The highest BCUT2D eigenvalue weighted by Gasteiger charge is 2.56. The summed E-state index contributed by atoms with van der Waals surface area (Å²) in [5, 5.41) is 9.22. The minimum absolute atomic E-state index is 0.0333. The predicted octanol–water partition coefficient (Wildman–Crippen LogP) is 5.01.